The molecule has 1 unspecified atom stereocenters. The Morgan fingerprint density at radius 1 is 1.53 bits per heavy atom. The molecule has 0 aliphatic carbocycles. The molecule has 1 heterocycles. The first-order chi connectivity index (χ1) is 8.94. The fourth-order valence-corrected chi connectivity index (χ4v) is 3.01. The van der Waals surface area contributed by atoms with Crippen LogP contribution in [0.15, 0.2) is 17.2 Å². The van der Waals surface area contributed by atoms with Crippen molar-refractivity contribution in [3.63, 3.8) is 0 Å². The van der Waals surface area contributed by atoms with Crippen molar-refractivity contribution in [1.82, 2.24) is 9.29 Å². The highest BCUT2D eigenvalue weighted by Gasteiger charge is 2.18. The van der Waals surface area contributed by atoms with Crippen molar-refractivity contribution in [2.75, 3.05) is 20.3 Å². The second kappa shape index (κ2) is 7.04. The zero-order valence-corrected chi connectivity index (χ0v) is 12.4. The second-order valence-electron chi connectivity index (χ2n) is 4.52. The standard InChI is InChI=1S/C12H22N2O4S/c1-4-14-7-12(5-11(14)8-15)19(16,17)13-6-10(2)9-18-3/h5,7,10,13,15H,4,6,8-9H2,1-3H3. The molecule has 0 fully saturated rings. The van der Waals surface area contributed by atoms with Crippen molar-refractivity contribution in [1.29, 1.82) is 0 Å². The number of aliphatic hydroxyl groups is 1. The van der Waals surface area contributed by atoms with E-state index in [-0.39, 0.29) is 17.4 Å². The van der Waals surface area contributed by atoms with E-state index in [1.165, 1.54) is 12.3 Å². The van der Waals surface area contributed by atoms with Gasteiger partial charge in [-0.3, -0.25) is 0 Å². The number of aliphatic hydroxyl groups excluding tert-OH is 1. The number of hydrogen-bond acceptors (Lipinski definition) is 4. The third-order valence-corrected chi connectivity index (χ3v) is 4.24. The van der Waals surface area contributed by atoms with Gasteiger partial charge in [0.2, 0.25) is 10.0 Å². The molecule has 19 heavy (non-hydrogen) atoms. The number of sulfonamides is 1. The van der Waals surface area contributed by atoms with Crippen LogP contribution < -0.4 is 4.72 Å². The van der Waals surface area contributed by atoms with E-state index in [9.17, 15) is 8.42 Å². The molecule has 110 valence electrons. The van der Waals surface area contributed by atoms with Gasteiger partial charge in [0.25, 0.3) is 0 Å². The van der Waals surface area contributed by atoms with Gasteiger partial charge in [0, 0.05) is 38.7 Å². The van der Waals surface area contributed by atoms with Crippen molar-refractivity contribution in [2.24, 2.45) is 5.92 Å². The Kier molecular flexibility index (Phi) is 5.99. The highest BCUT2D eigenvalue weighted by molar-refractivity contribution is 7.89. The van der Waals surface area contributed by atoms with Gasteiger partial charge in [-0.2, -0.15) is 0 Å². The SMILES string of the molecule is CCn1cc(S(=O)(=O)NCC(C)COC)cc1CO. The molecule has 0 saturated heterocycles. The van der Waals surface area contributed by atoms with Crippen LogP contribution in [0.25, 0.3) is 0 Å². The van der Waals surface area contributed by atoms with Gasteiger partial charge in [0.15, 0.2) is 0 Å². The molecular weight excluding hydrogens is 268 g/mol. The fourth-order valence-electron chi connectivity index (χ4n) is 1.78. The van der Waals surface area contributed by atoms with Crippen molar-refractivity contribution in [3.05, 3.63) is 18.0 Å². The monoisotopic (exact) mass is 290 g/mol. The highest BCUT2D eigenvalue weighted by Crippen LogP contribution is 2.14. The summed E-state index contributed by atoms with van der Waals surface area (Å²) in [6.45, 7) is 5.06. The maximum absolute atomic E-state index is 12.1. The number of nitrogens with one attached hydrogen (secondary N) is 1. The molecule has 1 aromatic heterocycles. The maximum atomic E-state index is 12.1. The Hall–Kier alpha value is -0.890. The first-order valence-electron chi connectivity index (χ1n) is 6.23. The lowest BCUT2D eigenvalue weighted by Crippen LogP contribution is -2.29. The minimum Gasteiger partial charge on any atom is -0.390 e. The summed E-state index contributed by atoms with van der Waals surface area (Å²) in [5.74, 6) is 0.102. The molecule has 1 aromatic rings. The minimum absolute atomic E-state index is 0.102. The van der Waals surface area contributed by atoms with Gasteiger partial charge in [-0.05, 0) is 18.9 Å². The van der Waals surface area contributed by atoms with Crippen molar-refractivity contribution in [2.45, 2.75) is 31.9 Å². The van der Waals surface area contributed by atoms with Gasteiger partial charge in [0.05, 0.1) is 11.5 Å². The van der Waals surface area contributed by atoms with E-state index in [1.807, 2.05) is 13.8 Å². The van der Waals surface area contributed by atoms with Crippen LogP contribution in [-0.4, -0.2) is 38.4 Å². The number of aryl methyl sites for hydroxylation is 1. The van der Waals surface area contributed by atoms with E-state index >= 15 is 0 Å². The third kappa shape index (κ3) is 4.31. The van der Waals surface area contributed by atoms with Gasteiger partial charge >= 0.3 is 0 Å². The molecule has 0 radical (unpaired) electrons. The molecular formula is C12H22N2O4S. The molecule has 1 atom stereocenters. The normalized spacial score (nSPS) is 13.7. The molecule has 0 aliphatic heterocycles. The van der Waals surface area contributed by atoms with E-state index in [4.69, 9.17) is 9.84 Å². The molecule has 6 nitrogen and oxygen atoms in total. The summed E-state index contributed by atoms with van der Waals surface area (Å²) in [6, 6.07) is 1.49. The van der Waals surface area contributed by atoms with E-state index < -0.39 is 10.0 Å². The number of methoxy groups -OCH3 is 1. The summed E-state index contributed by atoms with van der Waals surface area (Å²) >= 11 is 0. The average molecular weight is 290 g/mol. The zero-order valence-electron chi connectivity index (χ0n) is 11.6. The first-order valence-corrected chi connectivity index (χ1v) is 7.71. The van der Waals surface area contributed by atoms with Crippen molar-refractivity contribution in [3.8, 4) is 0 Å². The summed E-state index contributed by atoms with van der Waals surface area (Å²) < 4.78 is 33.4. The van der Waals surface area contributed by atoms with Crippen LogP contribution >= 0.6 is 0 Å². The van der Waals surface area contributed by atoms with Gasteiger partial charge in [-0.25, -0.2) is 13.1 Å². The zero-order chi connectivity index (χ0) is 14.5. The van der Waals surface area contributed by atoms with E-state index in [0.717, 1.165) is 0 Å². The highest BCUT2D eigenvalue weighted by atomic mass is 32.2. The summed E-state index contributed by atoms with van der Waals surface area (Å²) in [5.41, 5.74) is 0.591. The van der Waals surface area contributed by atoms with Gasteiger partial charge < -0.3 is 14.4 Å². The Morgan fingerprint density at radius 3 is 2.68 bits per heavy atom. The Labute approximate surface area is 114 Å². The van der Waals surface area contributed by atoms with Crippen LogP contribution in [0.1, 0.15) is 19.5 Å². The summed E-state index contributed by atoms with van der Waals surface area (Å²) in [6.07, 6.45) is 1.54. The fraction of sp³-hybridized carbons (Fsp3) is 0.667. The predicted molar refractivity (Wildman–Crippen MR) is 72.3 cm³/mol. The van der Waals surface area contributed by atoms with Crippen LogP contribution in [0.3, 0.4) is 0 Å². The minimum atomic E-state index is -3.53. The van der Waals surface area contributed by atoms with Crippen molar-refractivity contribution >= 4 is 10.0 Å². The molecule has 0 bridgehead atoms. The van der Waals surface area contributed by atoms with Gasteiger partial charge in [-0.1, -0.05) is 6.92 Å². The van der Waals surface area contributed by atoms with E-state index in [0.29, 0.717) is 25.4 Å². The molecule has 0 aliphatic rings. The number of ether oxygens (including phenoxy) is 1. The smallest absolute Gasteiger partial charge is 0.242 e. The Bertz CT molecular complexity index is 474. The van der Waals surface area contributed by atoms with Crippen LogP contribution in [0, 0.1) is 5.92 Å². The Morgan fingerprint density at radius 2 is 2.21 bits per heavy atom. The topological polar surface area (TPSA) is 80.6 Å². The van der Waals surface area contributed by atoms with Crippen LogP contribution in [0.5, 0.6) is 0 Å². The second-order valence-corrected chi connectivity index (χ2v) is 6.29. The van der Waals surface area contributed by atoms with Gasteiger partial charge in [0.1, 0.15) is 0 Å². The molecule has 7 heteroatoms. The van der Waals surface area contributed by atoms with E-state index in [2.05, 4.69) is 4.72 Å². The maximum Gasteiger partial charge on any atom is 0.242 e. The molecule has 0 amide bonds. The number of nitrogens with zero attached hydrogens (tertiary/aromatic N) is 1. The molecule has 0 aromatic carbocycles. The lowest BCUT2D eigenvalue weighted by atomic mass is 10.2. The predicted octanol–water partition coefficient (Wildman–Crippen LogP) is 0.561. The number of hydrogen-bond donors (Lipinski definition) is 2. The lowest BCUT2D eigenvalue weighted by molar-refractivity contribution is 0.161. The van der Waals surface area contributed by atoms with Crippen LogP contribution in [0.4, 0.5) is 0 Å². The first kappa shape index (κ1) is 16.2. The quantitative estimate of drug-likeness (QED) is 0.733. The van der Waals surface area contributed by atoms with Crippen LogP contribution in [0.2, 0.25) is 0 Å². The lowest BCUT2D eigenvalue weighted by Gasteiger charge is -2.11. The van der Waals surface area contributed by atoms with Crippen molar-refractivity contribution < 1.29 is 18.3 Å². The third-order valence-electron chi connectivity index (χ3n) is 2.85. The van der Waals surface area contributed by atoms with E-state index in [1.54, 1.807) is 11.7 Å². The molecule has 0 spiro atoms. The molecule has 0 saturated carbocycles. The summed E-state index contributed by atoms with van der Waals surface area (Å²) in [4.78, 5) is 0.183. The van der Waals surface area contributed by atoms with Crippen LogP contribution in [-0.2, 0) is 27.9 Å². The number of aromatic nitrogens is 1. The average Bonchev–Trinajstić information content (AvgIpc) is 2.81. The number of rotatable bonds is 8. The summed E-state index contributed by atoms with van der Waals surface area (Å²) in [5, 5.41) is 9.16. The largest absolute Gasteiger partial charge is 0.390 e. The Balaban J connectivity index is 2.79. The summed E-state index contributed by atoms with van der Waals surface area (Å²) in [7, 11) is -1.95. The van der Waals surface area contributed by atoms with Gasteiger partial charge in [-0.15, -0.1) is 0 Å². The molecule has 2 N–H and O–H groups in total. The molecule has 1 rings (SSSR count).